The highest BCUT2D eigenvalue weighted by Gasteiger charge is 2.28. The van der Waals surface area contributed by atoms with Crippen molar-refractivity contribution in [2.45, 2.75) is 6.92 Å². The van der Waals surface area contributed by atoms with E-state index in [-0.39, 0.29) is 43.8 Å². The highest BCUT2D eigenvalue weighted by Crippen LogP contribution is 2.09. The van der Waals surface area contributed by atoms with E-state index < -0.39 is 11.8 Å². The molecule has 1 saturated heterocycles. The van der Waals surface area contributed by atoms with Crippen LogP contribution >= 0.6 is 0 Å². The van der Waals surface area contributed by atoms with E-state index >= 15 is 0 Å². The van der Waals surface area contributed by atoms with E-state index in [0.717, 1.165) is 0 Å². The van der Waals surface area contributed by atoms with Crippen LogP contribution in [0.3, 0.4) is 0 Å². The van der Waals surface area contributed by atoms with Gasteiger partial charge < -0.3 is 24.9 Å². The molecule has 1 aromatic rings. The number of nitrogens with one attached hydrogen (secondary N) is 2. The third-order valence-electron chi connectivity index (χ3n) is 3.56. The molecule has 0 spiro atoms. The second-order valence-corrected chi connectivity index (χ2v) is 5.30. The summed E-state index contributed by atoms with van der Waals surface area (Å²) in [5, 5.41) is 4.97. The number of furan rings is 1. The van der Waals surface area contributed by atoms with Crippen molar-refractivity contribution in [1.29, 1.82) is 0 Å². The summed E-state index contributed by atoms with van der Waals surface area (Å²) in [5.74, 6) is -1.53. The Hall–Kier alpha value is -2.84. The van der Waals surface area contributed by atoms with Gasteiger partial charge in [-0.1, -0.05) is 0 Å². The lowest BCUT2D eigenvalue weighted by atomic mass is 10.2. The summed E-state index contributed by atoms with van der Waals surface area (Å²) in [4.78, 5) is 49.6. The molecule has 0 atom stereocenters. The fraction of sp³-hybridized carbons (Fsp3) is 0.467. The first-order chi connectivity index (χ1) is 11.5. The highest BCUT2D eigenvalue weighted by molar-refractivity contribution is 6.35. The number of hydrogen-bond acceptors (Lipinski definition) is 5. The van der Waals surface area contributed by atoms with Crippen LogP contribution in [-0.4, -0.2) is 72.7 Å². The summed E-state index contributed by atoms with van der Waals surface area (Å²) in [7, 11) is 0. The third-order valence-corrected chi connectivity index (χ3v) is 3.56. The van der Waals surface area contributed by atoms with Crippen molar-refractivity contribution in [3.63, 3.8) is 0 Å². The van der Waals surface area contributed by atoms with Crippen LogP contribution in [0.1, 0.15) is 17.5 Å². The maximum Gasteiger partial charge on any atom is 0.312 e. The van der Waals surface area contributed by atoms with Crippen molar-refractivity contribution in [2.24, 2.45) is 0 Å². The first-order valence-electron chi connectivity index (χ1n) is 7.63. The molecule has 4 amide bonds. The van der Waals surface area contributed by atoms with Gasteiger partial charge in [-0.3, -0.25) is 19.2 Å². The normalized spacial score (nSPS) is 14.2. The van der Waals surface area contributed by atoms with Crippen molar-refractivity contribution in [2.75, 3.05) is 39.3 Å². The predicted molar refractivity (Wildman–Crippen MR) is 82.9 cm³/mol. The molecule has 9 heteroatoms. The largest absolute Gasteiger partial charge is 0.459 e. The van der Waals surface area contributed by atoms with Gasteiger partial charge in [0.15, 0.2) is 5.76 Å². The Balaban J connectivity index is 1.75. The molecule has 0 aliphatic carbocycles. The summed E-state index contributed by atoms with van der Waals surface area (Å²) in [6.45, 7) is 3.06. The van der Waals surface area contributed by atoms with Gasteiger partial charge in [-0.05, 0) is 12.1 Å². The summed E-state index contributed by atoms with van der Waals surface area (Å²) in [6, 6.07) is 3.22. The van der Waals surface area contributed by atoms with E-state index in [0.29, 0.717) is 13.1 Å². The summed E-state index contributed by atoms with van der Waals surface area (Å²) in [6.07, 6.45) is 1.43. The van der Waals surface area contributed by atoms with Gasteiger partial charge in [-0.15, -0.1) is 0 Å². The first kappa shape index (κ1) is 17.5. The molecule has 24 heavy (non-hydrogen) atoms. The molecule has 130 valence electrons. The average molecular weight is 336 g/mol. The van der Waals surface area contributed by atoms with Gasteiger partial charge in [-0.2, -0.15) is 0 Å². The monoisotopic (exact) mass is 336 g/mol. The molecule has 1 aromatic heterocycles. The number of amides is 4. The Bertz CT molecular complexity index is 605. The topological polar surface area (TPSA) is 112 Å². The van der Waals surface area contributed by atoms with E-state index in [2.05, 4.69) is 10.6 Å². The molecule has 0 radical (unpaired) electrons. The Morgan fingerprint density at radius 1 is 1.04 bits per heavy atom. The van der Waals surface area contributed by atoms with Gasteiger partial charge in [0.25, 0.3) is 5.91 Å². The molecule has 1 aliphatic heterocycles. The van der Waals surface area contributed by atoms with Crippen LogP contribution < -0.4 is 10.6 Å². The molecule has 2 N–H and O–H groups in total. The Morgan fingerprint density at radius 2 is 1.67 bits per heavy atom. The zero-order valence-electron chi connectivity index (χ0n) is 13.4. The average Bonchev–Trinajstić information content (AvgIpc) is 3.11. The summed E-state index contributed by atoms with van der Waals surface area (Å²) < 4.78 is 5.07. The van der Waals surface area contributed by atoms with Crippen LogP contribution in [0.15, 0.2) is 22.8 Å². The fourth-order valence-electron chi connectivity index (χ4n) is 2.30. The molecule has 0 bridgehead atoms. The minimum atomic E-state index is -0.717. The van der Waals surface area contributed by atoms with Crippen molar-refractivity contribution < 1.29 is 23.6 Å². The maximum atomic E-state index is 12.1. The molecule has 2 heterocycles. The van der Waals surface area contributed by atoms with Crippen LogP contribution in [0, 0.1) is 0 Å². The molecule has 0 saturated carbocycles. The molecule has 9 nitrogen and oxygen atoms in total. The minimum Gasteiger partial charge on any atom is -0.459 e. The Kier molecular flexibility index (Phi) is 5.94. The molecule has 1 fully saturated rings. The van der Waals surface area contributed by atoms with Crippen LogP contribution in [0.25, 0.3) is 0 Å². The number of carbonyl (C=O) groups is 4. The third kappa shape index (κ3) is 4.58. The number of piperazine rings is 1. The standard InChI is InChI=1S/C15H20N4O5/c1-11(20)16-4-5-17-13(21)15(23)19-8-6-18(7-9-19)14(22)12-3-2-10-24-12/h2-3,10H,4-9H2,1H3,(H,16,20)(H,17,21). The lowest BCUT2D eigenvalue weighted by Crippen LogP contribution is -2.54. The minimum absolute atomic E-state index is 0.182. The summed E-state index contributed by atoms with van der Waals surface area (Å²) >= 11 is 0. The number of rotatable bonds is 4. The van der Waals surface area contributed by atoms with Gasteiger partial charge in [0.05, 0.1) is 6.26 Å². The number of nitrogens with zero attached hydrogens (tertiary/aromatic N) is 2. The molecule has 2 rings (SSSR count). The SMILES string of the molecule is CC(=O)NCCNC(=O)C(=O)N1CCN(C(=O)c2ccco2)CC1. The van der Waals surface area contributed by atoms with E-state index in [1.165, 1.54) is 18.1 Å². The second kappa shape index (κ2) is 8.14. The van der Waals surface area contributed by atoms with Gasteiger partial charge in [0.1, 0.15) is 0 Å². The zero-order valence-corrected chi connectivity index (χ0v) is 13.4. The van der Waals surface area contributed by atoms with Crippen LogP contribution in [0.5, 0.6) is 0 Å². The maximum absolute atomic E-state index is 12.1. The van der Waals surface area contributed by atoms with Crippen molar-refractivity contribution in [3.8, 4) is 0 Å². The quantitative estimate of drug-likeness (QED) is 0.531. The zero-order chi connectivity index (χ0) is 17.5. The smallest absolute Gasteiger partial charge is 0.312 e. The van der Waals surface area contributed by atoms with Gasteiger partial charge in [-0.25, -0.2) is 0 Å². The lowest BCUT2D eigenvalue weighted by molar-refractivity contribution is -0.146. The Labute approximate surface area is 138 Å². The number of carbonyl (C=O) groups excluding carboxylic acids is 4. The van der Waals surface area contributed by atoms with E-state index in [9.17, 15) is 19.2 Å². The first-order valence-corrected chi connectivity index (χ1v) is 7.63. The predicted octanol–water partition coefficient (Wildman–Crippen LogP) is -1.18. The van der Waals surface area contributed by atoms with E-state index in [1.54, 1.807) is 17.0 Å². The lowest BCUT2D eigenvalue weighted by Gasteiger charge is -2.33. The molecular formula is C15H20N4O5. The van der Waals surface area contributed by atoms with Gasteiger partial charge >= 0.3 is 11.8 Å². The van der Waals surface area contributed by atoms with Gasteiger partial charge in [0, 0.05) is 46.2 Å². The number of hydrogen-bond donors (Lipinski definition) is 2. The molecular weight excluding hydrogens is 316 g/mol. The van der Waals surface area contributed by atoms with Crippen LogP contribution in [0.4, 0.5) is 0 Å². The van der Waals surface area contributed by atoms with Crippen LogP contribution in [0.2, 0.25) is 0 Å². The molecule has 0 unspecified atom stereocenters. The van der Waals surface area contributed by atoms with E-state index in [1.807, 2.05) is 0 Å². The fourth-order valence-corrected chi connectivity index (χ4v) is 2.30. The Morgan fingerprint density at radius 3 is 2.25 bits per heavy atom. The molecule has 1 aliphatic rings. The van der Waals surface area contributed by atoms with E-state index in [4.69, 9.17) is 4.42 Å². The highest BCUT2D eigenvalue weighted by atomic mass is 16.3. The van der Waals surface area contributed by atoms with Crippen molar-refractivity contribution >= 4 is 23.6 Å². The summed E-state index contributed by atoms with van der Waals surface area (Å²) in [5.41, 5.74) is 0. The second-order valence-electron chi connectivity index (χ2n) is 5.30. The molecule has 0 aromatic carbocycles. The van der Waals surface area contributed by atoms with Crippen molar-refractivity contribution in [1.82, 2.24) is 20.4 Å². The van der Waals surface area contributed by atoms with Crippen molar-refractivity contribution in [3.05, 3.63) is 24.2 Å². The van der Waals surface area contributed by atoms with Gasteiger partial charge in [0.2, 0.25) is 5.91 Å². The van der Waals surface area contributed by atoms with Crippen LogP contribution in [-0.2, 0) is 14.4 Å².